The van der Waals surface area contributed by atoms with Crippen molar-refractivity contribution >= 4 is 10.0 Å². The minimum absolute atomic E-state index is 0.0272. The van der Waals surface area contributed by atoms with Gasteiger partial charge in [-0.05, 0) is 33.2 Å². The number of hydrogen-bond donors (Lipinski definition) is 0. The van der Waals surface area contributed by atoms with Crippen molar-refractivity contribution in [3.63, 3.8) is 0 Å². The summed E-state index contributed by atoms with van der Waals surface area (Å²) in [7, 11) is -3.42. The smallest absolute Gasteiger partial charge is 0.246 e. The quantitative estimate of drug-likeness (QED) is 0.827. The Labute approximate surface area is 120 Å². The molecule has 0 bridgehead atoms. The van der Waals surface area contributed by atoms with Crippen LogP contribution in [0.25, 0.3) is 0 Å². The number of aryl methyl sites for hydroxylation is 1. The van der Waals surface area contributed by atoms with Crippen molar-refractivity contribution in [3.05, 3.63) is 12.4 Å². The molecule has 0 N–H and O–H groups in total. The van der Waals surface area contributed by atoms with Gasteiger partial charge in [-0.3, -0.25) is 9.58 Å². The number of sulfonamides is 1. The van der Waals surface area contributed by atoms with Crippen molar-refractivity contribution in [1.29, 1.82) is 0 Å². The number of fused-ring (bicyclic) bond motifs is 1. The van der Waals surface area contributed by atoms with Gasteiger partial charge in [-0.1, -0.05) is 0 Å². The van der Waals surface area contributed by atoms with E-state index in [1.165, 1.54) is 12.6 Å². The van der Waals surface area contributed by atoms with Gasteiger partial charge in [0.2, 0.25) is 10.0 Å². The van der Waals surface area contributed by atoms with E-state index in [0.29, 0.717) is 24.0 Å². The molecular weight excluding hydrogens is 276 g/mol. The molecule has 0 unspecified atom stereocenters. The Morgan fingerprint density at radius 2 is 2.20 bits per heavy atom. The third-order valence-electron chi connectivity index (χ3n) is 4.42. The minimum atomic E-state index is -3.42. The summed E-state index contributed by atoms with van der Waals surface area (Å²) in [4.78, 5) is 2.74. The number of hydrogen-bond acceptors (Lipinski definition) is 4. The first kappa shape index (κ1) is 14.0. The molecular formula is C13H22N4O2S. The molecule has 112 valence electrons. The average Bonchev–Trinajstić information content (AvgIpc) is 3.05. The van der Waals surface area contributed by atoms with E-state index in [0.717, 1.165) is 19.5 Å². The zero-order valence-electron chi connectivity index (χ0n) is 12.1. The molecule has 3 heterocycles. The summed E-state index contributed by atoms with van der Waals surface area (Å²) in [6, 6.07) is 0.418. The Morgan fingerprint density at radius 1 is 1.40 bits per heavy atom. The van der Waals surface area contributed by atoms with Gasteiger partial charge in [-0.15, -0.1) is 0 Å². The van der Waals surface area contributed by atoms with E-state index in [2.05, 4.69) is 10.00 Å². The van der Waals surface area contributed by atoms with Crippen molar-refractivity contribution in [2.75, 3.05) is 19.6 Å². The second kappa shape index (κ2) is 5.13. The van der Waals surface area contributed by atoms with Crippen molar-refractivity contribution in [3.8, 4) is 0 Å². The van der Waals surface area contributed by atoms with Gasteiger partial charge in [0, 0.05) is 37.9 Å². The number of rotatable bonds is 3. The standard InChI is InChI=1S/C13H22N4O2S/c1-3-16-10-13(7-14-16)20(18,19)17-9-12-5-4-6-15(12)8-11(17)2/h7,10-12H,3-6,8-9H2,1-2H3/t11-,12+/m1/s1. The maximum atomic E-state index is 12.8. The summed E-state index contributed by atoms with van der Waals surface area (Å²) in [5.74, 6) is 0. The minimum Gasteiger partial charge on any atom is -0.297 e. The van der Waals surface area contributed by atoms with E-state index in [4.69, 9.17) is 0 Å². The number of nitrogens with zero attached hydrogens (tertiary/aromatic N) is 4. The van der Waals surface area contributed by atoms with E-state index in [-0.39, 0.29) is 6.04 Å². The topological polar surface area (TPSA) is 58.4 Å². The highest BCUT2D eigenvalue weighted by molar-refractivity contribution is 7.89. The third-order valence-corrected chi connectivity index (χ3v) is 6.35. The predicted molar refractivity (Wildman–Crippen MR) is 75.8 cm³/mol. The molecule has 7 heteroatoms. The van der Waals surface area contributed by atoms with Crippen LogP contribution in [0, 0.1) is 0 Å². The average molecular weight is 298 g/mol. The monoisotopic (exact) mass is 298 g/mol. The summed E-state index contributed by atoms with van der Waals surface area (Å²) in [6.07, 6.45) is 5.38. The molecule has 2 aliphatic heterocycles. The lowest BCUT2D eigenvalue weighted by atomic mass is 10.1. The lowest BCUT2D eigenvalue weighted by Crippen LogP contribution is -2.56. The van der Waals surface area contributed by atoms with Crippen LogP contribution in [0.2, 0.25) is 0 Å². The van der Waals surface area contributed by atoms with E-state index in [1.807, 2.05) is 13.8 Å². The van der Waals surface area contributed by atoms with E-state index in [9.17, 15) is 8.42 Å². The maximum Gasteiger partial charge on any atom is 0.246 e. The largest absolute Gasteiger partial charge is 0.297 e. The highest BCUT2D eigenvalue weighted by atomic mass is 32.2. The fourth-order valence-corrected chi connectivity index (χ4v) is 4.90. The van der Waals surface area contributed by atoms with Crippen molar-refractivity contribution < 1.29 is 8.42 Å². The Morgan fingerprint density at radius 3 is 2.90 bits per heavy atom. The summed E-state index contributed by atoms with van der Waals surface area (Å²) >= 11 is 0. The van der Waals surface area contributed by atoms with Gasteiger partial charge in [0.15, 0.2) is 0 Å². The van der Waals surface area contributed by atoms with Gasteiger partial charge < -0.3 is 0 Å². The molecule has 0 aliphatic carbocycles. The molecule has 2 saturated heterocycles. The zero-order valence-corrected chi connectivity index (χ0v) is 12.9. The Bertz CT molecular complexity index is 583. The Hall–Kier alpha value is -0.920. The maximum absolute atomic E-state index is 12.8. The number of piperazine rings is 1. The molecule has 1 aromatic heterocycles. The van der Waals surface area contributed by atoms with Crippen LogP contribution in [0.1, 0.15) is 26.7 Å². The highest BCUT2D eigenvalue weighted by Crippen LogP contribution is 2.28. The van der Waals surface area contributed by atoms with E-state index in [1.54, 1.807) is 15.2 Å². The SMILES string of the molecule is CCn1cc(S(=O)(=O)N2C[C@@H]3CCCN3C[C@H]2C)cn1. The Balaban J connectivity index is 1.86. The highest BCUT2D eigenvalue weighted by Gasteiger charge is 2.40. The molecule has 0 radical (unpaired) electrons. The summed E-state index contributed by atoms with van der Waals surface area (Å²) in [5.41, 5.74) is 0. The first-order valence-electron chi connectivity index (χ1n) is 7.30. The lowest BCUT2D eigenvalue weighted by molar-refractivity contribution is 0.117. The number of aromatic nitrogens is 2. The molecule has 2 atom stereocenters. The first-order chi connectivity index (χ1) is 9.52. The molecule has 2 fully saturated rings. The third kappa shape index (κ3) is 2.27. The molecule has 3 rings (SSSR count). The van der Waals surface area contributed by atoms with Gasteiger partial charge in [0.05, 0.1) is 6.20 Å². The van der Waals surface area contributed by atoms with Crippen LogP contribution in [0.3, 0.4) is 0 Å². The predicted octanol–water partition coefficient (Wildman–Crippen LogP) is 0.760. The normalized spacial score (nSPS) is 28.7. The fourth-order valence-electron chi connectivity index (χ4n) is 3.28. The molecule has 1 aromatic rings. The van der Waals surface area contributed by atoms with Gasteiger partial charge >= 0.3 is 0 Å². The van der Waals surface area contributed by atoms with Crippen LogP contribution < -0.4 is 0 Å². The van der Waals surface area contributed by atoms with Crippen LogP contribution in [0.4, 0.5) is 0 Å². The summed E-state index contributed by atoms with van der Waals surface area (Å²) in [6.45, 7) is 7.18. The van der Waals surface area contributed by atoms with Gasteiger partial charge in [0.25, 0.3) is 0 Å². The molecule has 0 aromatic carbocycles. The summed E-state index contributed by atoms with van der Waals surface area (Å²) < 4.78 is 28.9. The van der Waals surface area contributed by atoms with Crippen molar-refractivity contribution in [2.24, 2.45) is 0 Å². The zero-order chi connectivity index (χ0) is 14.3. The van der Waals surface area contributed by atoms with Gasteiger partial charge in [-0.25, -0.2) is 8.42 Å². The van der Waals surface area contributed by atoms with Crippen LogP contribution in [-0.2, 0) is 16.6 Å². The lowest BCUT2D eigenvalue weighted by Gasteiger charge is -2.41. The van der Waals surface area contributed by atoms with Gasteiger partial charge in [0.1, 0.15) is 4.90 Å². The molecule has 2 aliphatic rings. The summed E-state index contributed by atoms with van der Waals surface area (Å²) in [5, 5.41) is 4.09. The molecule has 20 heavy (non-hydrogen) atoms. The molecule has 0 spiro atoms. The van der Waals surface area contributed by atoms with Crippen LogP contribution >= 0.6 is 0 Å². The second-order valence-corrected chi connectivity index (χ2v) is 7.64. The second-order valence-electron chi connectivity index (χ2n) is 5.75. The Kier molecular flexibility index (Phi) is 3.60. The van der Waals surface area contributed by atoms with Crippen molar-refractivity contribution in [2.45, 2.75) is 50.2 Å². The van der Waals surface area contributed by atoms with Crippen LogP contribution in [0.5, 0.6) is 0 Å². The van der Waals surface area contributed by atoms with E-state index < -0.39 is 10.0 Å². The molecule has 0 saturated carbocycles. The van der Waals surface area contributed by atoms with Crippen LogP contribution in [-0.4, -0.2) is 59.1 Å². The van der Waals surface area contributed by atoms with E-state index >= 15 is 0 Å². The van der Waals surface area contributed by atoms with Gasteiger partial charge in [-0.2, -0.15) is 9.40 Å². The molecule has 6 nitrogen and oxygen atoms in total. The first-order valence-corrected chi connectivity index (χ1v) is 8.74. The van der Waals surface area contributed by atoms with Crippen molar-refractivity contribution in [1.82, 2.24) is 19.0 Å². The molecule has 0 amide bonds. The fraction of sp³-hybridized carbons (Fsp3) is 0.769. The van der Waals surface area contributed by atoms with Crippen LogP contribution in [0.15, 0.2) is 17.3 Å².